The van der Waals surface area contributed by atoms with Gasteiger partial charge in [0.1, 0.15) is 0 Å². The van der Waals surface area contributed by atoms with Crippen molar-refractivity contribution in [3.8, 4) is 0 Å². The topological polar surface area (TPSA) is 50.8 Å². The van der Waals surface area contributed by atoms with Gasteiger partial charge in [0, 0.05) is 32.8 Å². The number of carbonyl (C=O) groups excluding carboxylic acids is 1. The Hall–Kier alpha value is -0.650. The van der Waals surface area contributed by atoms with E-state index in [1.165, 1.54) is 0 Å². The number of carbonyl (C=O) groups is 1. The molecule has 1 atom stereocenters. The Morgan fingerprint density at radius 2 is 2.11 bits per heavy atom. The number of hydrogen-bond donors (Lipinski definition) is 1. The van der Waals surface area contributed by atoms with Gasteiger partial charge in [-0.1, -0.05) is 0 Å². The molecule has 2 rings (SSSR count). The van der Waals surface area contributed by atoms with Crippen molar-refractivity contribution in [1.82, 2.24) is 10.2 Å². The second-order valence-electron chi connectivity index (χ2n) is 5.58. The van der Waals surface area contributed by atoms with E-state index in [0.717, 1.165) is 39.1 Å². The first-order chi connectivity index (χ1) is 8.60. The summed E-state index contributed by atoms with van der Waals surface area (Å²) < 4.78 is 11.0. The lowest BCUT2D eigenvalue weighted by Gasteiger charge is -2.37. The monoisotopic (exact) mass is 256 g/mol. The van der Waals surface area contributed by atoms with Gasteiger partial charge in [-0.3, -0.25) is 4.79 Å². The summed E-state index contributed by atoms with van der Waals surface area (Å²) in [5.74, 6) is 0.563. The van der Waals surface area contributed by atoms with Crippen molar-refractivity contribution in [2.45, 2.75) is 25.4 Å². The minimum absolute atomic E-state index is 0.0144. The Kier molecular flexibility index (Phi) is 4.59. The number of rotatable bonds is 3. The molecule has 0 bridgehead atoms. The highest BCUT2D eigenvalue weighted by Crippen LogP contribution is 2.18. The van der Waals surface area contributed by atoms with E-state index in [2.05, 4.69) is 10.2 Å². The van der Waals surface area contributed by atoms with Gasteiger partial charge in [-0.05, 0) is 32.7 Å². The molecule has 5 heteroatoms. The molecule has 0 aromatic carbocycles. The Morgan fingerprint density at radius 1 is 1.39 bits per heavy atom. The number of ether oxygens (including phenoxy) is 2. The van der Waals surface area contributed by atoms with Gasteiger partial charge in [-0.15, -0.1) is 0 Å². The number of likely N-dealkylation sites (N-methyl/N-ethyl adjacent to an activating group) is 1. The second-order valence-corrected chi connectivity index (χ2v) is 5.58. The Balaban J connectivity index is 1.79. The quantitative estimate of drug-likeness (QED) is 0.786. The van der Waals surface area contributed by atoms with Crippen molar-refractivity contribution in [2.24, 2.45) is 5.92 Å². The van der Waals surface area contributed by atoms with Gasteiger partial charge in [0.2, 0.25) is 0 Å². The van der Waals surface area contributed by atoms with Gasteiger partial charge >= 0.3 is 0 Å². The third-order valence-corrected chi connectivity index (χ3v) is 3.84. The van der Waals surface area contributed by atoms with Gasteiger partial charge in [-0.25, -0.2) is 0 Å². The summed E-state index contributed by atoms with van der Waals surface area (Å²) in [4.78, 5) is 14.4. The van der Waals surface area contributed by atoms with Crippen LogP contribution in [0.2, 0.25) is 0 Å². The number of nitrogens with zero attached hydrogens (tertiary/aromatic N) is 1. The molecule has 2 heterocycles. The van der Waals surface area contributed by atoms with Crippen LogP contribution in [0.1, 0.15) is 19.8 Å². The predicted molar refractivity (Wildman–Crippen MR) is 68.4 cm³/mol. The van der Waals surface area contributed by atoms with Crippen LogP contribution in [0, 0.1) is 5.92 Å². The molecule has 2 saturated heterocycles. The average molecular weight is 256 g/mol. The highest BCUT2D eigenvalue weighted by molar-refractivity contribution is 5.85. The minimum Gasteiger partial charge on any atom is -0.381 e. The van der Waals surface area contributed by atoms with Crippen molar-refractivity contribution in [2.75, 3.05) is 46.5 Å². The molecule has 104 valence electrons. The van der Waals surface area contributed by atoms with Crippen LogP contribution in [0.25, 0.3) is 0 Å². The van der Waals surface area contributed by atoms with E-state index in [9.17, 15) is 4.79 Å². The smallest absolute Gasteiger partial charge is 0.253 e. The van der Waals surface area contributed by atoms with E-state index in [0.29, 0.717) is 19.1 Å². The first kappa shape index (κ1) is 13.8. The Morgan fingerprint density at radius 3 is 2.78 bits per heavy atom. The molecule has 2 aliphatic heterocycles. The molecule has 1 unspecified atom stereocenters. The Labute approximate surface area is 109 Å². The predicted octanol–water partition coefficient (Wildman–Crippen LogP) is 0.250. The first-order valence-electron chi connectivity index (χ1n) is 6.79. The lowest BCUT2D eigenvalue weighted by molar-refractivity contribution is -0.155. The largest absolute Gasteiger partial charge is 0.381 e. The molecular formula is C13H24N2O3. The summed E-state index contributed by atoms with van der Waals surface area (Å²) in [6.07, 6.45) is 2.08. The van der Waals surface area contributed by atoms with E-state index in [1.54, 1.807) is 0 Å². The molecule has 1 N–H and O–H groups in total. The fraction of sp³-hybridized carbons (Fsp3) is 0.923. The van der Waals surface area contributed by atoms with Crippen LogP contribution in [0.5, 0.6) is 0 Å². The van der Waals surface area contributed by atoms with Crippen LogP contribution in [0.3, 0.4) is 0 Å². The molecule has 2 aliphatic rings. The number of amides is 1. The van der Waals surface area contributed by atoms with Crippen molar-refractivity contribution in [3.63, 3.8) is 0 Å². The molecule has 0 aromatic rings. The van der Waals surface area contributed by atoms with Crippen LogP contribution >= 0.6 is 0 Å². The van der Waals surface area contributed by atoms with E-state index >= 15 is 0 Å². The van der Waals surface area contributed by atoms with Gasteiger partial charge in [0.05, 0.1) is 6.61 Å². The van der Waals surface area contributed by atoms with E-state index in [1.807, 2.05) is 14.0 Å². The maximum Gasteiger partial charge on any atom is 0.253 e. The molecule has 0 aliphatic carbocycles. The number of hydrogen-bond acceptors (Lipinski definition) is 4. The molecule has 0 saturated carbocycles. The Bertz CT molecular complexity index is 292. The fourth-order valence-corrected chi connectivity index (χ4v) is 2.58. The van der Waals surface area contributed by atoms with Gasteiger partial charge < -0.3 is 19.7 Å². The molecule has 0 aromatic heterocycles. The SMILES string of the molecule is CN1CCOC(C)(C(=O)NCC2CCOCC2)C1. The third-order valence-electron chi connectivity index (χ3n) is 3.84. The van der Waals surface area contributed by atoms with E-state index < -0.39 is 5.60 Å². The van der Waals surface area contributed by atoms with Crippen molar-refractivity contribution in [3.05, 3.63) is 0 Å². The number of morpholine rings is 1. The summed E-state index contributed by atoms with van der Waals surface area (Å²) in [5, 5.41) is 3.04. The van der Waals surface area contributed by atoms with Crippen LogP contribution in [0.15, 0.2) is 0 Å². The molecule has 0 radical (unpaired) electrons. The van der Waals surface area contributed by atoms with Crippen LogP contribution < -0.4 is 5.32 Å². The highest BCUT2D eigenvalue weighted by Gasteiger charge is 2.38. The first-order valence-corrected chi connectivity index (χ1v) is 6.79. The molecule has 0 spiro atoms. The normalized spacial score (nSPS) is 31.2. The van der Waals surface area contributed by atoms with E-state index in [-0.39, 0.29) is 5.91 Å². The maximum atomic E-state index is 12.2. The maximum absolute atomic E-state index is 12.2. The van der Waals surface area contributed by atoms with Crippen molar-refractivity contribution >= 4 is 5.91 Å². The molecular weight excluding hydrogens is 232 g/mol. The molecule has 5 nitrogen and oxygen atoms in total. The fourth-order valence-electron chi connectivity index (χ4n) is 2.58. The van der Waals surface area contributed by atoms with Gasteiger partial charge in [0.15, 0.2) is 5.60 Å². The molecule has 2 fully saturated rings. The molecule has 1 amide bonds. The van der Waals surface area contributed by atoms with Crippen molar-refractivity contribution in [1.29, 1.82) is 0 Å². The van der Waals surface area contributed by atoms with Crippen LogP contribution in [0.4, 0.5) is 0 Å². The zero-order chi connectivity index (χ0) is 13.0. The zero-order valence-electron chi connectivity index (χ0n) is 11.4. The summed E-state index contributed by atoms with van der Waals surface area (Å²) in [6.45, 7) is 6.42. The second kappa shape index (κ2) is 5.99. The summed E-state index contributed by atoms with van der Waals surface area (Å²) in [6, 6.07) is 0. The van der Waals surface area contributed by atoms with Gasteiger partial charge in [0.25, 0.3) is 5.91 Å². The van der Waals surface area contributed by atoms with Gasteiger partial charge in [-0.2, -0.15) is 0 Å². The average Bonchev–Trinajstić information content (AvgIpc) is 2.37. The van der Waals surface area contributed by atoms with Crippen LogP contribution in [-0.4, -0.2) is 62.9 Å². The lowest BCUT2D eigenvalue weighted by Crippen LogP contribution is -2.57. The highest BCUT2D eigenvalue weighted by atomic mass is 16.5. The third kappa shape index (κ3) is 3.43. The summed E-state index contributed by atoms with van der Waals surface area (Å²) >= 11 is 0. The zero-order valence-corrected chi connectivity index (χ0v) is 11.4. The van der Waals surface area contributed by atoms with E-state index in [4.69, 9.17) is 9.47 Å². The summed E-state index contributed by atoms with van der Waals surface area (Å²) in [5.41, 5.74) is -0.696. The van der Waals surface area contributed by atoms with Crippen LogP contribution in [-0.2, 0) is 14.3 Å². The standard InChI is InChI=1S/C13H24N2O3/c1-13(10-15(2)5-8-18-13)12(16)14-9-11-3-6-17-7-4-11/h11H,3-10H2,1-2H3,(H,14,16). The minimum atomic E-state index is -0.696. The summed E-state index contributed by atoms with van der Waals surface area (Å²) in [7, 11) is 2.02. The number of nitrogens with one attached hydrogen (secondary N) is 1. The molecule has 18 heavy (non-hydrogen) atoms. The lowest BCUT2D eigenvalue weighted by atomic mass is 9.99. The van der Waals surface area contributed by atoms with Crippen molar-refractivity contribution < 1.29 is 14.3 Å².